The summed E-state index contributed by atoms with van der Waals surface area (Å²) in [4.78, 5) is 0. The smallest absolute Gasteiger partial charge is 0.233 e. The van der Waals surface area contributed by atoms with Gasteiger partial charge < -0.3 is 9.84 Å². The van der Waals surface area contributed by atoms with E-state index in [9.17, 15) is 5.11 Å². The molecule has 1 aromatic carbocycles. The maximum Gasteiger partial charge on any atom is 0.233 e. The minimum absolute atomic E-state index is 0.329. The van der Waals surface area contributed by atoms with E-state index in [0.29, 0.717) is 11.6 Å². The van der Waals surface area contributed by atoms with E-state index in [1.165, 1.54) is 0 Å². The number of hydrogen-bond donors (Lipinski definition) is 1. The van der Waals surface area contributed by atoms with E-state index in [-0.39, 0.29) is 0 Å². The molecule has 0 atom stereocenters. The molecule has 0 radical (unpaired) electrons. The van der Waals surface area contributed by atoms with Crippen molar-refractivity contribution >= 4 is 0 Å². The van der Waals surface area contributed by atoms with E-state index in [1.807, 2.05) is 32.0 Å². The first-order chi connectivity index (χ1) is 8.11. The highest BCUT2D eigenvalue weighted by molar-refractivity contribution is 5.63. The Labute approximate surface area is 99.9 Å². The van der Waals surface area contributed by atoms with Crippen LogP contribution in [0.5, 0.6) is 11.6 Å². The van der Waals surface area contributed by atoms with Crippen molar-refractivity contribution in [3.8, 4) is 22.9 Å². The number of aromatic hydroxyl groups is 1. The predicted octanol–water partition coefficient (Wildman–Crippen LogP) is 2.47. The number of phenolic OH excluding ortho intramolecular Hbond substituents is 1. The van der Waals surface area contributed by atoms with Gasteiger partial charge in [-0.15, -0.1) is 10.2 Å². The number of aromatic nitrogens is 2. The number of methoxy groups -OCH3 is 1. The number of aryl methyl sites for hydroxylation is 2. The third-order valence-corrected chi connectivity index (χ3v) is 2.64. The van der Waals surface area contributed by atoms with Crippen molar-refractivity contribution in [2.24, 2.45) is 0 Å². The molecule has 0 aliphatic heterocycles. The summed E-state index contributed by atoms with van der Waals surface area (Å²) in [5.41, 5.74) is 3.36. The fourth-order valence-electron chi connectivity index (χ4n) is 1.69. The molecule has 0 aliphatic rings. The molecule has 0 fully saturated rings. The van der Waals surface area contributed by atoms with Gasteiger partial charge in [0, 0.05) is 11.6 Å². The predicted molar refractivity (Wildman–Crippen MR) is 65.2 cm³/mol. The lowest BCUT2D eigenvalue weighted by Gasteiger charge is -2.07. The van der Waals surface area contributed by atoms with Crippen LogP contribution in [-0.2, 0) is 0 Å². The first-order valence-electron chi connectivity index (χ1n) is 5.30. The second kappa shape index (κ2) is 4.41. The van der Waals surface area contributed by atoms with Crippen molar-refractivity contribution in [1.82, 2.24) is 10.2 Å². The third-order valence-electron chi connectivity index (χ3n) is 2.64. The molecule has 17 heavy (non-hydrogen) atoms. The van der Waals surface area contributed by atoms with E-state index >= 15 is 0 Å². The maximum absolute atomic E-state index is 9.70. The van der Waals surface area contributed by atoms with E-state index in [0.717, 1.165) is 22.4 Å². The minimum Gasteiger partial charge on any atom is -0.507 e. The second-order valence-corrected chi connectivity index (χ2v) is 3.92. The zero-order valence-electron chi connectivity index (χ0n) is 10.1. The molecule has 0 saturated heterocycles. The van der Waals surface area contributed by atoms with Crippen molar-refractivity contribution < 1.29 is 9.84 Å². The number of nitrogens with zero attached hydrogens (tertiary/aromatic N) is 2. The number of ether oxygens (including phenoxy) is 1. The van der Waals surface area contributed by atoms with Gasteiger partial charge in [-0.3, -0.25) is 0 Å². The topological polar surface area (TPSA) is 55.2 Å². The molecular weight excluding hydrogens is 216 g/mol. The molecule has 1 N–H and O–H groups in total. The molecule has 0 saturated carbocycles. The Hall–Kier alpha value is -2.10. The Bertz CT molecular complexity index is 513. The zero-order chi connectivity index (χ0) is 12.4. The van der Waals surface area contributed by atoms with Crippen molar-refractivity contribution in [1.29, 1.82) is 0 Å². The SMILES string of the molecule is COc1ccc(-c2cc(C)c(O)c(C)c2)nn1. The van der Waals surface area contributed by atoms with Gasteiger partial charge in [0.25, 0.3) is 0 Å². The van der Waals surface area contributed by atoms with Crippen LogP contribution in [0.15, 0.2) is 24.3 Å². The van der Waals surface area contributed by atoms with Crippen molar-refractivity contribution in [2.45, 2.75) is 13.8 Å². The van der Waals surface area contributed by atoms with Crippen molar-refractivity contribution in [2.75, 3.05) is 7.11 Å². The number of benzene rings is 1. The molecule has 0 unspecified atom stereocenters. The Kier molecular flexibility index (Phi) is 2.95. The summed E-state index contributed by atoms with van der Waals surface area (Å²) >= 11 is 0. The van der Waals surface area contributed by atoms with Crippen molar-refractivity contribution in [3.63, 3.8) is 0 Å². The largest absolute Gasteiger partial charge is 0.507 e. The zero-order valence-corrected chi connectivity index (χ0v) is 10.1. The molecule has 2 aromatic rings. The summed E-state index contributed by atoms with van der Waals surface area (Å²) in [7, 11) is 1.55. The molecule has 1 aromatic heterocycles. The monoisotopic (exact) mass is 230 g/mol. The van der Waals surface area contributed by atoms with Crippen LogP contribution in [0.3, 0.4) is 0 Å². The van der Waals surface area contributed by atoms with E-state index < -0.39 is 0 Å². The fraction of sp³-hybridized carbons (Fsp3) is 0.231. The summed E-state index contributed by atoms with van der Waals surface area (Å²) in [5, 5.41) is 17.7. The normalized spacial score (nSPS) is 10.3. The number of rotatable bonds is 2. The van der Waals surface area contributed by atoms with Crippen LogP contribution in [0.2, 0.25) is 0 Å². The molecule has 0 aliphatic carbocycles. The Morgan fingerprint density at radius 1 is 1.06 bits per heavy atom. The van der Waals surface area contributed by atoms with Gasteiger partial charge in [-0.25, -0.2) is 0 Å². The molecule has 1 heterocycles. The first kappa shape index (κ1) is 11.4. The molecule has 0 amide bonds. The molecule has 4 nitrogen and oxygen atoms in total. The second-order valence-electron chi connectivity index (χ2n) is 3.92. The van der Waals surface area contributed by atoms with Crippen LogP contribution in [0, 0.1) is 13.8 Å². The average molecular weight is 230 g/mol. The summed E-state index contributed by atoms with van der Waals surface area (Å²) in [6.07, 6.45) is 0. The van der Waals surface area contributed by atoms with Crippen LogP contribution in [0.1, 0.15) is 11.1 Å². The van der Waals surface area contributed by atoms with Crippen molar-refractivity contribution in [3.05, 3.63) is 35.4 Å². The van der Waals surface area contributed by atoms with Gasteiger partial charge in [-0.1, -0.05) is 0 Å². The van der Waals surface area contributed by atoms with Crippen LogP contribution in [0.25, 0.3) is 11.3 Å². The van der Waals surface area contributed by atoms with Gasteiger partial charge in [0.15, 0.2) is 0 Å². The Morgan fingerprint density at radius 2 is 1.71 bits per heavy atom. The van der Waals surface area contributed by atoms with Gasteiger partial charge in [0.1, 0.15) is 5.75 Å². The molecule has 4 heteroatoms. The molecule has 88 valence electrons. The van der Waals surface area contributed by atoms with Gasteiger partial charge in [-0.2, -0.15) is 0 Å². The third kappa shape index (κ3) is 2.20. The summed E-state index contributed by atoms with van der Waals surface area (Å²) < 4.78 is 4.96. The fourth-order valence-corrected chi connectivity index (χ4v) is 1.69. The summed E-state index contributed by atoms with van der Waals surface area (Å²) in [5.74, 6) is 0.816. The highest BCUT2D eigenvalue weighted by Gasteiger charge is 2.06. The Morgan fingerprint density at radius 3 is 2.18 bits per heavy atom. The average Bonchev–Trinajstić information content (AvgIpc) is 2.35. The first-order valence-corrected chi connectivity index (χ1v) is 5.30. The van der Waals surface area contributed by atoms with Gasteiger partial charge in [0.2, 0.25) is 5.88 Å². The van der Waals surface area contributed by atoms with Crippen LogP contribution >= 0.6 is 0 Å². The van der Waals surface area contributed by atoms with Gasteiger partial charge >= 0.3 is 0 Å². The quantitative estimate of drug-likeness (QED) is 0.861. The van der Waals surface area contributed by atoms with E-state index in [1.54, 1.807) is 13.2 Å². The van der Waals surface area contributed by atoms with Crippen LogP contribution in [0.4, 0.5) is 0 Å². The maximum atomic E-state index is 9.70. The highest BCUT2D eigenvalue weighted by Crippen LogP contribution is 2.28. The number of hydrogen-bond acceptors (Lipinski definition) is 4. The summed E-state index contributed by atoms with van der Waals surface area (Å²) in [6.45, 7) is 3.73. The summed E-state index contributed by atoms with van der Waals surface area (Å²) in [6, 6.07) is 7.38. The molecule has 0 bridgehead atoms. The standard InChI is InChI=1S/C13H14N2O2/c1-8-6-10(7-9(2)13(8)16)11-4-5-12(17-3)15-14-11/h4-7,16H,1-3H3. The highest BCUT2D eigenvalue weighted by atomic mass is 16.5. The van der Waals surface area contributed by atoms with Crippen LogP contribution < -0.4 is 4.74 Å². The van der Waals surface area contributed by atoms with E-state index in [2.05, 4.69) is 10.2 Å². The molecule has 0 spiro atoms. The van der Waals surface area contributed by atoms with Crippen LogP contribution in [-0.4, -0.2) is 22.4 Å². The lowest BCUT2D eigenvalue weighted by molar-refractivity contribution is 0.392. The van der Waals surface area contributed by atoms with Gasteiger partial charge in [0.05, 0.1) is 12.8 Å². The number of phenols is 1. The molecule has 2 rings (SSSR count). The lowest BCUT2D eigenvalue weighted by atomic mass is 10.0. The van der Waals surface area contributed by atoms with Gasteiger partial charge in [-0.05, 0) is 43.2 Å². The minimum atomic E-state index is 0.329. The lowest BCUT2D eigenvalue weighted by Crippen LogP contribution is -1.93. The molecular formula is C13H14N2O2. The van der Waals surface area contributed by atoms with E-state index in [4.69, 9.17) is 4.74 Å². The Balaban J connectivity index is 2.45.